The molecule has 0 aromatic rings. The van der Waals surface area contributed by atoms with Crippen molar-refractivity contribution >= 4 is 11.9 Å². The number of esters is 2. The van der Waals surface area contributed by atoms with E-state index in [0.29, 0.717) is 19.4 Å². The summed E-state index contributed by atoms with van der Waals surface area (Å²) >= 11 is 0. The molecule has 0 spiro atoms. The maximum atomic E-state index is 12.6. The Balaban J connectivity index is 4.12. The number of hydrogen-bond acceptors (Lipinski definition) is 5. The van der Waals surface area contributed by atoms with Crippen LogP contribution in [0.4, 0.5) is 0 Å². The first-order chi connectivity index (χ1) is 27.6. The molecule has 0 N–H and O–H groups in total. The van der Waals surface area contributed by atoms with Crippen LogP contribution >= 0.6 is 0 Å². The molecule has 1 atom stereocenters. The topological polar surface area (TPSA) is 61.8 Å². The normalized spacial score (nSPS) is 12.4. The Morgan fingerprint density at radius 1 is 0.393 bits per heavy atom. The van der Waals surface area contributed by atoms with Crippen LogP contribution in [0.15, 0.2) is 36.5 Å². The van der Waals surface area contributed by atoms with Crippen molar-refractivity contribution in [1.82, 2.24) is 0 Å². The molecule has 5 heteroatoms. The number of carbonyl (C=O) groups is 2. The maximum absolute atomic E-state index is 12.6. The van der Waals surface area contributed by atoms with Gasteiger partial charge in [-0.05, 0) is 57.8 Å². The van der Waals surface area contributed by atoms with E-state index in [2.05, 4.69) is 57.2 Å². The molecule has 0 aromatic heterocycles. The highest BCUT2D eigenvalue weighted by Gasteiger charge is 2.17. The Labute approximate surface area is 349 Å². The third-order valence-corrected chi connectivity index (χ3v) is 10.7. The summed E-state index contributed by atoms with van der Waals surface area (Å²) in [5.74, 6) is -0.407. The van der Waals surface area contributed by atoms with Gasteiger partial charge in [-0.3, -0.25) is 9.59 Å². The largest absolute Gasteiger partial charge is 0.462 e. The fraction of sp³-hybridized carbons (Fsp3) is 0.843. The second-order valence-electron chi connectivity index (χ2n) is 16.4. The van der Waals surface area contributed by atoms with E-state index in [1.54, 1.807) is 0 Å². The molecule has 0 saturated carbocycles. The SMILES string of the molecule is CCCCC/C=C\C/C=C\C/C=C\CCCCCCCCC(=O)OCC(COCCCCCCCCCCCCCCCC)OC(=O)CCCCCCCCC. The summed E-state index contributed by atoms with van der Waals surface area (Å²) in [6.45, 7) is 7.79. The van der Waals surface area contributed by atoms with Gasteiger partial charge in [-0.2, -0.15) is 0 Å². The molecule has 1 unspecified atom stereocenters. The summed E-state index contributed by atoms with van der Waals surface area (Å²) in [5, 5.41) is 0. The molecule has 0 saturated heterocycles. The lowest BCUT2D eigenvalue weighted by molar-refractivity contribution is -0.163. The minimum atomic E-state index is -0.532. The fourth-order valence-electron chi connectivity index (χ4n) is 6.99. The van der Waals surface area contributed by atoms with Crippen LogP contribution in [0.25, 0.3) is 0 Å². The lowest BCUT2D eigenvalue weighted by Gasteiger charge is -2.18. The van der Waals surface area contributed by atoms with E-state index in [-0.39, 0.29) is 25.2 Å². The van der Waals surface area contributed by atoms with Gasteiger partial charge in [0.2, 0.25) is 0 Å². The molecule has 0 aliphatic rings. The van der Waals surface area contributed by atoms with Crippen molar-refractivity contribution in [1.29, 1.82) is 0 Å². The average molecular weight is 787 g/mol. The first-order valence-electron chi connectivity index (χ1n) is 24.5. The first-order valence-corrected chi connectivity index (χ1v) is 24.5. The molecule has 328 valence electrons. The van der Waals surface area contributed by atoms with Crippen molar-refractivity contribution in [2.24, 2.45) is 0 Å². The van der Waals surface area contributed by atoms with E-state index in [1.807, 2.05) is 0 Å². The van der Waals surface area contributed by atoms with Gasteiger partial charge >= 0.3 is 11.9 Å². The molecule has 0 heterocycles. The van der Waals surface area contributed by atoms with Gasteiger partial charge in [0, 0.05) is 19.4 Å². The Morgan fingerprint density at radius 3 is 1.23 bits per heavy atom. The third-order valence-electron chi connectivity index (χ3n) is 10.7. The smallest absolute Gasteiger partial charge is 0.306 e. The minimum absolute atomic E-state index is 0.0831. The van der Waals surface area contributed by atoms with Gasteiger partial charge in [-0.25, -0.2) is 0 Å². The van der Waals surface area contributed by atoms with Gasteiger partial charge in [-0.15, -0.1) is 0 Å². The number of hydrogen-bond donors (Lipinski definition) is 0. The summed E-state index contributed by atoms with van der Waals surface area (Å²) in [4.78, 5) is 25.2. The van der Waals surface area contributed by atoms with Crippen LogP contribution in [-0.2, 0) is 23.8 Å². The second kappa shape index (κ2) is 47.5. The van der Waals surface area contributed by atoms with Crippen molar-refractivity contribution in [2.45, 2.75) is 258 Å². The number of rotatable bonds is 45. The molecule has 56 heavy (non-hydrogen) atoms. The number of unbranched alkanes of at least 4 members (excludes halogenated alkanes) is 28. The van der Waals surface area contributed by atoms with Crippen LogP contribution in [0.1, 0.15) is 252 Å². The van der Waals surface area contributed by atoms with Crippen LogP contribution in [-0.4, -0.2) is 37.9 Å². The molecule has 0 amide bonds. The molecule has 0 aliphatic heterocycles. The third kappa shape index (κ3) is 44.8. The number of allylic oxidation sites excluding steroid dienone is 6. The lowest BCUT2D eigenvalue weighted by atomic mass is 10.0. The fourth-order valence-corrected chi connectivity index (χ4v) is 6.99. The maximum Gasteiger partial charge on any atom is 0.306 e. The summed E-state index contributed by atoms with van der Waals surface area (Å²) in [6.07, 6.45) is 55.8. The average Bonchev–Trinajstić information content (AvgIpc) is 3.20. The monoisotopic (exact) mass is 787 g/mol. The van der Waals surface area contributed by atoms with E-state index in [4.69, 9.17) is 14.2 Å². The van der Waals surface area contributed by atoms with Crippen LogP contribution in [0.5, 0.6) is 0 Å². The second-order valence-corrected chi connectivity index (χ2v) is 16.4. The minimum Gasteiger partial charge on any atom is -0.462 e. The molecule has 0 rings (SSSR count). The summed E-state index contributed by atoms with van der Waals surface area (Å²) in [7, 11) is 0. The van der Waals surface area contributed by atoms with Crippen molar-refractivity contribution in [3.8, 4) is 0 Å². The Morgan fingerprint density at radius 2 is 0.750 bits per heavy atom. The van der Waals surface area contributed by atoms with Crippen molar-refractivity contribution in [3.05, 3.63) is 36.5 Å². The van der Waals surface area contributed by atoms with E-state index in [1.165, 1.54) is 161 Å². The van der Waals surface area contributed by atoms with E-state index in [0.717, 1.165) is 57.8 Å². The Hall–Kier alpha value is -1.88. The van der Waals surface area contributed by atoms with E-state index < -0.39 is 6.10 Å². The van der Waals surface area contributed by atoms with Gasteiger partial charge in [0.05, 0.1) is 6.61 Å². The Kier molecular flexibility index (Phi) is 45.9. The molecular formula is C51H94O5. The summed E-state index contributed by atoms with van der Waals surface area (Å²) in [5.41, 5.74) is 0. The van der Waals surface area contributed by atoms with Crippen LogP contribution in [0, 0.1) is 0 Å². The highest BCUT2D eigenvalue weighted by atomic mass is 16.6. The molecule has 0 aromatic carbocycles. The zero-order valence-corrected chi connectivity index (χ0v) is 37.7. The quantitative estimate of drug-likeness (QED) is 0.0349. The zero-order valence-electron chi connectivity index (χ0n) is 37.7. The van der Waals surface area contributed by atoms with Gasteiger partial charge in [0.25, 0.3) is 0 Å². The van der Waals surface area contributed by atoms with Crippen LogP contribution < -0.4 is 0 Å². The van der Waals surface area contributed by atoms with Crippen molar-refractivity contribution in [3.63, 3.8) is 0 Å². The molecular weight excluding hydrogens is 693 g/mol. The van der Waals surface area contributed by atoms with E-state index in [9.17, 15) is 9.59 Å². The molecule has 5 nitrogen and oxygen atoms in total. The summed E-state index contributed by atoms with van der Waals surface area (Å²) < 4.78 is 17.3. The van der Waals surface area contributed by atoms with Crippen LogP contribution in [0.2, 0.25) is 0 Å². The highest BCUT2D eigenvalue weighted by molar-refractivity contribution is 5.70. The predicted molar refractivity (Wildman–Crippen MR) is 242 cm³/mol. The van der Waals surface area contributed by atoms with E-state index >= 15 is 0 Å². The van der Waals surface area contributed by atoms with Gasteiger partial charge in [-0.1, -0.05) is 218 Å². The molecule has 0 aliphatic carbocycles. The summed E-state index contributed by atoms with van der Waals surface area (Å²) in [6, 6.07) is 0. The lowest BCUT2D eigenvalue weighted by Crippen LogP contribution is -2.30. The standard InChI is InChI=1S/C51H94O5/c1-4-7-10-13-16-18-20-22-24-25-26-27-28-29-31-33-36-38-41-44-50(52)55-48-49(56-51(53)45-42-39-35-15-12-9-6-3)47-54-46-43-40-37-34-32-30-23-21-19-17-14-11-8-5-2/h16,18,22,24,26-27,49H,4-15,17,19-21,23,25,28-48H2,1-3H3/b18-16-,24-22-,27-26-. The van der Waals surface area contributed by atoms with Gasteiger partial charge < -0.3 is 14.2 Å². The number of ether oxygens (including phenoxy) is 3. The molecule has 0 bridgehead atoms. The highest BCUT2D eigenvalue weighted by Crippen LogP contribution is 2.15. The molecule has 0 fully saturated rings. The first kappa shape index (κ1) is 54.1. The van der Waals surface area contributed by atoms with Gasteiger partial charge in [0.1, 0.15) is 6.61 Å². The zero-order chi connectivity index (χ0) is 40.7. The Bertz CT molecular complexity index is 893. The number of carbonyl (C=O) groups excluding carboxylic acids is 2. The predicted octanol–water partition coefficient (Wildman–Crippen LogP) is 16.2. The van der Waals surface area contributed by atoms with Crippen molar-refractivity contribution in [2.75, 3.05) is 19.8 Å². The van der Waals surface area contributed by atoms with Gasteiger partial charge in [0.15, 0.2) is 6.10 Å². The van der Waals surface area contributed by atoms with Crippen LogP contribution in [0.3, 0.4) is 0 Å². The molecule has 0 radical (unpaired) electrons. The van der Waals surface area contributed by atoms with Crippen molar-refractivity contribution < 1.29 is 23.8 Å².